The first kappa shape index (κ1) is 24.9. The number of morpholine rings is 2. The summed E-state index contributed by atoms with van der Waals surface area (Å²) in [7, 11) is 0. The van der Waals surface area contributed by atoms with Crippen molar-refractivity contribution in [2.75, 3.05) is 69.4 Å². The van der Waals surface area contributed by atoms with Crippen molar-refractivity contribution in [2.45, 2.75) is 12.6 Å². The van der Waals surface area contributed by atoms with Crippen molar-refractivity contribution in [3.63, 3.8) is 0 Å². The van der Waals surface area contributed by atoms with E-state index in [1.165, 1.54) is 6.07 Å². The van der Waals surface area contributed by atoms with Gasteiger partial charge in [0.1, 0.15) is 11.8 Å². The van der Waals surface area contributed by atoms with Crippen LogP contribution in [0.15, 0.2) is 42.5 Å². The Bertz CT molecular complexity index is 1000. The van der Waals surface area contributed by atoms with Gasteiger partial charge in [-0.15, -0.1) is 0 Å². The van der Waals surface area contributed by atoms with Crippen LogP contribution in [0.5, 0.6) is 5.75 Å². The van der Waals surface area contributed by atoms with Crippen LogP contribution in [-0.2, 0) is 20.8 Å². The predicted octanol–water partition coefficient (Wildman–Crippen LogP) is 0.790. The number of carbonyl (C=O) groups excluding carboxylic acids is 2. The van der Waals surface area contributed by atoms with Crippen LogP contribution in [0, 0.1) is 0 Å². The molecule has 0 aromatic heterocycles. The molecule has 0 radical (unpaired) electrons. The summed E-state index contributed by atoms with van der Waals surface area (Å²) in [5.74, 6) is -1.12. The lowest BCUT2D eigenvalue weighted by molar-refractivity contribution is -0.118. The van der Waals surface area contributed by atoms with Gasteiger partial charge in [-0.25, -0.2) is 0 Å². The number of phenolic OH excluding ortho intramolecular Hbond substituents is 1. The summed E-state index contributed by atoms with van der Waals surface area (Å²) >= 11 is 0. The topological polar surface area (TPSA) is 124 Å². The van der Waals surface area contributed by atoms with Gasteiger partial charge in [-0.1, -0.05) is 0 Å². The first-order chi connectivity index (χ1) is 17.0. The third-order valence-corrected chi connectivity index (χ3v) is 6.07. The quantitative estimate of drug-likeness (QED) is 0.434. The van der Waals surface area contributed by atoms with Gasteiger partial charge in [0.2, 0.25) is 5.91 Å². The van der Waals surface area contributed by atoms with E-state index >= 15 is 0 Å². The van der Waals surface area contributed by atoms with E-state index in [1.54, 1.807) is 24.3 Å². The highest BCUT2D eigenvalue weighted by Gasteiger charge is 2.22. The number of aliphatic hydroxyl groups is 1. The highest BCUT2D eigenvalue weighted by molar-refractivity contribution is 6.01. The summed E-state index contributed by atoms with van der Waals surface area (Å²) in [6.45, 7) is 5.85. The Hall–Kier alpha value is -3.18. The molecule has 2 aromatic carbocycles. The van der Waals surface area contributed by atoms with Gasteiger partial charge in [0.05, 0.1) is 33.0 Å². The minimum absolute atomic E-state index is 0.0359. The first-order valence-corrected chi connectivity index (χ1v) is 11.8. The van der Waals surface area contributed by atoms with Gasteiger partial charge in [-0.3, -0.25) is 14.5 Å². The summed E-state index contributed by atoms with van der Waals surface area (Å²) in [6, 6.07) is 10.9. The molecule has 2 fully saturated rings. The van der Waals surface area contributed by atoms with Gasteiger partial charge in [0, 0.05) is 49.7 Å². The molecule has 10 heteroatoms. The fourth-order valence-electron chi connectivity index (χ4n) is 4.16. The monoisotopic (exact) mass is 484 g/mol. The number of nitrogens with one attached hydrogen (secondary N) is 2. The van der Waals surface area contributed by atoms with Crippen molar-refractivity contribution >= 4 is 23.2 Å². The third kappa shape index (κ3) is 6.92. The number of carbonyl (C=O) groups is 2. The van der Waals surface area contributed by atoms with Gasteiger partial charge < -0.3 is 35.2 Å². The smallest absolute Gasteiger partial charge is 0.252 e. The number of hydrogen-bond donors (Lipinski definition) is 4. The molecule has 0 bridgehead atoms. The van der Waals surface area contributed by atoms with Crippen LogP contribution in [-0.4, -0.2) is 92.2 Å². The number of aliphatic hydroxyl groups excluding tert-OH is 1. The standard InChI is InChI=1S/C25H32N4O6/c30-17-23(25(33)26-20-1-3-21(4-2-20)29-7-11-35-12-8-29)27-24(32)19-13-18(14-22(31)15-19)16-28-5-9-34-10-6-28/h1-4,13-15,23,30-31H,5-12,16-17H2,(H,26,33)(H,27,32)/t23-/m0/s1. The van der Waals surface area contributed by atoms with E-state index in [1.807, 2.05) is 12.1 Å². The number of rotatable bonds is 8. The summed E-state index contributed by atoms with van der Waals surface area (Å²) in [5.41, 5.74) is 2.59. The van der Waals surface area contributed by atoms with E-state index in [4.69, 9.17) is 9.47 Å². The Balaban J connectivity index is 1.35. The van der Waals surface area contributed by atoms with Crippen molar-refractivity contribution in [1.82, 2.24) is 10.2 Å². The van der Waals surface area contributed by atoms with Crippen LogP contribution < -0.4 is 15.5 Å². The second-order valence-corrected chi connectivity index (χ2v) is 8.62. The highest BCUT2D eigenvalue weighted by Crippen LogP contribution is 2.20. The van der Waals surface area contributed by atoms with Crippen molar-refractivity contribution in [2.24, 2.45) is 0 Å². The maximum atomic E-state index is 12.8. The molecule has 0 unspecified atom stereocenters. The van der Waals surface area contributed by atoms with Crippen molar-refractivity contribution in [3.8, 4) is 5.75 Å². The molecule has 2 saturated heterocycles. The van der Waals surface area contributed by atoms with Crippen molar-refractivity contribution in [3.05, 3.63) is 53.6 Å². The van der Waals surface area contributed by atoms with Crippen molar-refractivity contribution in [1.29, 1.82) is 0 Å². The van der Waals surface area contributed by atoms with Gasteiger partial charge in [0.25, 0.3) is 5.91 Å². The van der Waals surface area contributed by atoms with Crippen LogP contribution in [0.3, 0.4) is 0 Å². The lowest BCUT2D eigenvalue weighted by atomic mass is 10.1. The molecule has 4 rings (SSSR count). The molecule has 2 amide bonds. The van der Waals surface area contributed by atoms with E-state index < -0.39 is 24.5 Å². The first-order valence-electron chi connectivity index (χ1n) is 11.8. The second-order valence-electron chi connectivity index (χ2n) is 8.62. The van der Waals surface area contributed by atoms with E-state index in [9.17, 15) is 19.8 Å². The summed E-state index contributed by atoms with van der Waals surface area (Å²) in [4.78, 5) is 29.9. The molecule has 4 N–H and O–H groups in total. The number of aromatic hydroxyl groups is 1. The Morgan fingerprint density at radius 2 is 1.60 bits per heavy atom. The fourth-order valence-corrected chi connectivity index (χ4v) is 4.16. The molecule has 0 saturated carbocycles. The van der Waals surface area contributed by atoms with Crippen LogP contribution >= 0.6 is 0 Å². The molecule has 188 valence electrons. The second kappa shape index (κ2) is 12.0. The number of hydrogen-bond acceptors (Lipinski definition) is 8. The van der Waals surface area contributed by atoms with Crippen LogP contribution in [0.2, 0.25) is 0 Å². The average molecular weight is 485 g/mol. The van der Waals surface area contributed by atoms with Gasteiger partial charge in [0.15, 0.2) is 0 Å². The maximum absolute atomic E-state index is 12.8. The fraction of sp³-hybridized carbons (Fsp3) is 0.440. The van der Waals surface area contributed by atoms with E-state index in [2.05, 4.69) is 20.4 Å². The Kier molecular flexibility index (Phi) is 8.54. The Morgan fingerprint density at radius 3 is 2.26 bits per heavy atom. The number of anilines is 2. The number of amides is 2. The minimum Gasteiger partial charge on any atom is -0.508 e. The zero-order chi connectivity index (χ0) is 24.6. The molecule has 2 heterocycles. The average Bonchev–Trinajstić information content (AvgIpc) is 2.88. The number of phenols is 1. The number of ether oxygens (including phenoxy) is 2. The van der Waals surface area contributed by atoms with Gasteiger partial charge in [-0.05, 0) is 48.0 Å². The Morgan fingerprint density at radius 1 is 0.943 bits per heavy atom. The Labute approximate surface area is 204 Å². The molecular formula is C25H32N4O6. The summed E-state index contributed by atoms with van der Waals surface area (Å²) in [6.07, 6.45) is 0. The third-order valence-electron chi connectivity index (χ3n) is 6.07. The van der Waals surface area contributed by atoms with E-state index in [0.29, 0.717) is 38.7 Å². The molecule has 2 aliphatic rings. The van der Waals surface area contributed by atoms with Gasteiger partial charge >= 0.3 is 0 Å². The molecular weight excluding hydrogens is 452 g/mol. The zero-order valence-corrected chi connectivity index (χ0v) is 19.6. The molecule has 2 aliphatic heterocycles. The van der Waals surface area contributed by atoms with E-state index in [-0.39, 0.29) is 11.3 Å². The van der Waals surface area contributed by atoms with Crippen LogP contribution in [0.25, 0.3) is 0 Å². The molecule has 10 nitrogen and oxygen atoms in total. The maximum Gasteiger partial charge on any atom is 0.252 e. The minimum atomic E-state index is -1.15. The molecule has 1 atom stereocenters. The zero-order valence-electron chi connectivity index (χ0n) is 19.6. The number of nitrogens with zero attached hydrogens (tertiary/aromatic N) is 2. The largest absolute Gasteiger partial charge is 0.508 e. The van der Waals surface area contributed by atoms with Crippen LogP contribution in [0.1, 0.15) is 15.9 Å². The lowest BCUT2D eigenvalue weighted by Crippen LogP contribution is -2.46. The normalized spacial score (nSPS) is 17.6. The van der Waals surface area contributed by atoms with E-state index in [0.717, 1.165) is 37.4 Å². The number of benzene rings is 2. The highest BCUT2D eigenvalue weighted by atomic mass is 16.5. The van der Waals surface area contributed by atoms with Gasteiger partial charge in [-0.2, -0.15) is 0 Å². The molecule has 2 aromatic rings. The summed E-state index contributed by atoms with van der Waals surface area (Å²) < 4.78 is 10.7. The van der Waals surface area contributed by atoms with Crippen molar-refractivity contribution < 1.29 is 29.3 Å². The molecule has 0 spiro atoms. The summed E-state index contributed by atoms with van der Waals surface area (Å²) in [5, 5.41) is 25.2. The molecule has 0 aliphatic carbocycles. The SMILES string of the molecule is O=C(N[C@@H](CO)C(=O)Nc1ccc(N2CCOCC2)cc1)c1cc(O)cc(CN2CCOCC2)c1. The lowest BCUT2D eigenvalue weighted by Gasteiger charge is -2.29. The van der Waals surface area contributed by atoms with Crippen LogP contribution in [0.4, 0.5) is 11.4 Å². The molecule has 35 heavy (non-hydrogen) atoms. The predicted molar refractivity (Wildman–Crippen MR) is 131 cm³/mol.